The summed E-state index contributed by atoms with van der Waals surface area (Å²) in [5.74, 6) is 1.54. The highest BCUT2D eigenvalue weighted by Crippen LogP contribution is 2.16. The molecule has 274 valence electrons. The van der Waals surface area contributed by atoms with Crippen molar-refractivity contribution in [1.82, 2.24) is 31.6 Å². The Hall–Kier alpha value is -0.730. The summed E-state index contributed by atoms with van der Waals surface area (Å²) in [7, 11) is 5.44. The summed E-state index contributed by atoms with van der Waals surface area (Å²) in [6, 6.07) is 5.38. The Kier molecular flexibility index (Phi) is 32.2. The minimum atomic E-state index is -0.352. The molecule has 0 saturated heterocycles. The number of nitrogens with zero attached hydrogens (tertiary/aromatic N) is 1. The molecule has 0 aromatic carbocycles. The van der Waals surface area contributed by atoms with Crippen LogP contribution in [-0.2, 0) is 14.4 Å². The number of carbonyl (C=O) groups excluding carboxylic acids is 3. The van der Waals surface area contributed by atoms with Gasteiger partial charge in [-0.3, -0.25) is 14.4 Å². The third-order valence-electron chi connectivity index (χ3n) is 6.43. The molecule has 1 heterocycles. The van der Waals surface area contributed by atoms with E-state index in [1.54, 1.807) is 6.20 Å². The maximum absolute atomic E-state index is 12.4. The second-order valence-electron chi connectivity index (χ2n) is 12.7. The average Bonchev–Trinajstić information content (AvgIpc) is 2.99. The van der Waals surface area contributed by atoms with Crippen LogP contribution in [0, 0.1) is 11.8 Å². The fourth-order valence-electron chi connectivity index (χ4n) is 3.68. The topological polar surface area (TPSA) is 150 Å². The van der Waals surface area contributed by atoms with E-state index in [0.29, 0.717) is 43.4 Å². The third kappa shape index (κ3) is 33.5. The summed E-state index contributed by atoms with van der Waals surface area (Å²) in [5.41, 5.74) is 5.60. The van der Waals surface area contributed by atoms with Gasteiger partial charge in [-0.1, -0.05) is 51.5 Å². The molecule has 1 aromatic heterocycles. The highest BCUT2D eigenvalue weighted by molar-refractivity contribution is 8.68. The van der Waals surface area contributed by atoms with E-state index in [0.717, 1.165) is 43.1 Å². The number of hydrogen-bond acceptors (Lipinski definition) is 11. The van der Waals surface area contributed by atoms with Crippen LogP contribution in [0.4, 0.5) is 0 Å². The summed E-state index contributed by atoms with van der Waals surface area (Å²) in [6.45, 7) is 17.5. The van der Waals surface area contributed by atoms with Gasteiger partial charge in [-0.05, 0) is 93.0 Å². The summed E-state index contributed by atoms with van der Waals surface area (Å²) in [4.78, 5) is 40.7. The van der Waals surface area contributed by atoms with Crippen molar-refractivity contribution in [2.45, 2.75) is 109 Å². The summed E-state index contributed by atoms with van der Waals surface area (Å²) >= 11 is 8.11. The smallest absolute Gasteiger partial charge is 0.237 e. The molecule has 1 aromatic rings. The van der Waals surface area contributed by atoms with Crippen LogP contribution in [0.25, 0.3) is 0 Å². The first-order valence-electron chi connectivity index (χ1n) is 16.4. The Morgan fingerprint density at radius 3 is 2.04 bits per heavy atom. The normalized spacial score (nSPS) is 12.3. The predicted octanol–water partition coefficient (Wildman–Crippen LogP) is 5.08. The number of amides is 3. The predicted molar refractivity (Wildman–Crippen MR) is 214 cm³/mol. The van der Waals surface area contributed by atoms with Crippen molar-refractivity contribution in [3.05, 3.63) is 24.4 Å². The monoisotopic (exact) mass is 753 g/mol. The molecule has 10 nitrogen and oxygen atoms in total. The van der Waals surface area contributed by atoms with Crippen LogP contribution in [0.1, 0.15) is 87.0 Å². The Bertz CT molecular complexity index is 933. The molecule has 3 atom stereocenters. The first-order chi connectivity index (χ1) is 22.2. The van der Waals surface area contributed by atoms with Gasteiger partial charge in [-0.15, -0.1) is 32.6 Å². The average molecular weight is 754 g/mol. The molecular formula is C32H64N7O3PS4. The molecule has 0 aliphatic carbocycles. The number of nitrogens with two attached hydrogens (primary N) is 1. The van der Waals surface area contributed by atoms with E-state index in [9.17, 15) is 14.4 Å². The molecule has 15 heteroatoms. The summed E-state index contributed by atoms with van der Waals surface area (Å²) in [5, 5.41) is 15.9. The Morgan fingerprint density at radius 1 is 0.915 bits per heavy atom. The molecular weight excluding hydrogens is 690 g/mol. The van der Waals surface area contributed by atoms with Crippen molar-refractivity contribution < 1.29 is 14.4 Å². The van der Waals surface area contributed by atoms with Gasteiger partial charge in [0.1, 0.15) is 5.03 Å². The van der Waals surface area contributed by atoms with Gasteiger partial charge < -0.3 is 32.3 Å². The first-order valence-corrected chi connectivity index (χ1v) is 21.0. The van der Waals surface area contributed by atoms with Crippen LogP contribution in [-0.4, -0.2) is 78.5 Å². The minimum absolute atomic E-state index is 0.0460. The summed E-state index contributed by atoms with van der Waals surface area (Å²) < 4.78 is 0. The van der Waals surface area contributed by atoms with E-state index in [-0.39, 0.29) is 42.4 Å². The Labute approximate surface area is 306 Å². The van der Waals surface area contributed by atoms with E-state index in [1.807, 2.05) is 32.0 Å². The fraction of sp³-hybridized carbons (Fsp3) is 0.750. The van der Waals surface area contributed by atoms with Crippen LogP contribution in [0.5, 0.6) is 0 Å². The highest BCUT2D eigenvalue weighted by Gasteiger charge is 2.21. The van der Waals surface area contributed by atoms with Gasteiger partial charge in [-0.2, -0.15) is 0 Å². The number of nitrogens with one attached hydrogen (secondary N) is 5. The van der Waals surface area contributed by atoms with Crippen molar-refractivity contribution in [2.24, 2.45) is 17.6 Å². The zero-order valence-corrected chi connectivity index (χ0v) is 34.2. The third-order valence-corrected chi connectivity index (χ3v) is 8.72. The summed E-state index contributed by atoms with van der Waals surface area (Å²) in [6.07, 6.45) is 6.05. The number of rotatable bonds is 22. The van der Waals surface area contributed by atoms with E-state index in [4.69, 9.17) is 5.73 Å². The number of carbonyl (C=O) groups is 3. The maximum atomic E-state index is 12.4. The van der Waals surface area contributed by atoms with Gasteiger partial charge in [0.15, 0.2) is 0 Å². The molecule has 0 aliphatic heterocycles. The standard InChI is InChI=1S/C23H47N5O3S2.C5H5NS2.C4H12NP/c1-17(2)7-11-25-22(31)19(10-14-33-32)24-12-9-20(29)26-16-27-21(30)15-23(5,6)28-13-8-18(3)4;7-8-5-3-1-2-4-6-5;1-4(6)2-3-5/h17-19,24,28,32H,7-16H2,1-6H3,(H,25,31)(H,26,29)(H,27,30);1-4,7H;4H,2-3,5-6H2,1H3. The van der Waals surface area contributed by atoms with Crippen LogP contribution in [0.3, 0.4) is 0 Å². The fourth-order valence-corrected chi connectivity index (χ4v) is 5.10. The molecule has 0 spiro atoms. The molecule has 3 amide bonds. The second kappa shape index (κ2) is 31.3. The second-order valence-corrected chi connectivity index (χ2v) is 16.4. The molecule has 1 rings (SSSR count). The SMILES string of the molecule is CC(C)CCNC(=O)C(CCSS)NCCC(=O)NCNC(=O)CC(C)(C)NCCC(C)C.CC(P)CCN.SSc1ccccn1. The number of hydrogen-bond donors (Lipinski definition) is 8. The highest BCUT2D eigenvalue weighted by atomic mass is 33.1. The molecule has 0 aliphatic rings. The molecule has 47 heavy (non-hydrogen) atoms. The van der Waals surface area contributed by atoms with Gasteiger partial charge >= 0.3 is 0 Å². The largest absolute Gasteiger partial charge is 0.355 e. The number of thiol groups is 2. The molecule has 0 radical (unpaired) electrons. The molecule has 7 N–H and O–H groups in total. The van der Waals surface area contributed by atoms with E-state index in [2.05, 4.69) is 98.7 Å². The van der Waals surface area contributed by atoms with Gasteiger partial charge in [0.25, 0.3) is 0 Å². The Morgan fingerprint density at radius 2 is 1.55 bits per heavy atom. The van der Waals surface area contributed by atoms with Crippen molar-refractivity contribution in [2.75, 3.05) is 38.6 Å². The maximum Gasteiger partial charge on any atom is 0.237 e. The quantitative estimate of drug-likeness (QED) is 0.0352. The number of aromatic nitrogens is 1. The zero-order chi connectivity index (χ0) is 36.1. The van der Waals surface area contributed by atoms with Crippen LogP contribution in [0.2, 0.25) is 0 Å². The van der Waals surface area contributed by atoms with E-state index >= 15 is 0 Å². The molecule has 3 unspecified atom stereocenters. The zero-order valence-electron chi connectivity index (χ0n) is 29.6. The van der Waals surface area contributed by atoms with E-state index in [1.165, 1.54) is 21.6 Å². The van der Waals surface area contributed by atoms with Gasteiger partial charge in [0.05, 0.1) is 12.7 Å². The number of pyridine rings is 1. The minimum Gasteiger partial charge on any atom is -0.355 e. The first kappa shape index (κ1) is 48.4. The van der Waals surface area contributed by atoms with Crippen molar-refractivity contribution in [1.29, 1.82) is 0 Å². The Balaban J connectivity index is 0. The van der Waals surface area contributed by atoms with Crippen molar-refractivity contribution in [3.8, 4) is 0 Å². The van der Waals surface area contributed by atoms with Crippen LogP contribution < -0.4 is 32.3 Å². The lowest BCUT2D eigenvalue weighted by atomic mass is 9.99. The van der Waals surface area contributed by atoms with Gasteiger partial charge in [0.2, 0.25) is 17.7 Å². The lowest BCUT2D eigenvalue weighted by Gasteiger charge is -2.26. The molecule has 0 fully saturated rings. The molecule has 0 bridgehead atoms. The van der Waals surface area contributed by atoms with Crippen LogP contribution in [0.15, 0.2) is 29.4 Å². The van der Waals surface area contributed by atoms with Crippen LogP contribution >= 0.6 is 54.1 Å². The lowest BCUT2D eigenvalue weighted by molar-refractivity contribution is -0.125. The van der Waals surface area contributed by atoms with Gasteiger partial charge in [0, 0.05) is 43.4 Å². The molecule has 0 saturated carbocycles. The van der Waals surface area contributed by atoms with Crippen molar-refractivity contribution in [3.63, 3.8) is 0 Å². The lowest BCUT2D eigenvalue weighted by Crippen LogP contribution is -2.47. The van der Waals surface area contributed by atoms with Gasteiger partial charge in [-0.25, -0.2) is 4.98 Å². The van der Waals surface area contributed by atoms with Crippen molar-refractivity contribution >= 4 is 71.9 Å². The van der Waals surface area contributed by atoms with E-state index < -0.39 is 0 Å².